The number of fused-ring (bicyclic) bond motifs is 1. The predicted octanol–water partition coefficient (Wildman–Crippen LogP) is 3.31. The number of hydrogen-bond donors (Lipinski definition) is 2. The van der Waals surface area contributed by atoms with Crippen LogP contribution in [0.25, 0.3) is 0 Å². The minimum absolute atomic E-state index is 0.0217. The van der Waals surface area contributed by atoms with Crippen LogP contribution in [0, 0.1) is 5.82 Å². The van der Waals surface area contributed by atoms with E-state index < -0.39 is 17.8 Å². The average molecular weight is 507 g/mol. The molecule has 0 unspecified atom stereocenters. The summed E-state index contributed by atoms with van der Waals surface area (Å²) in [5.74, 6) is -0.540. The molecular weight excluding hydrogens is 476 g/mol. The van der Waals surface area contributed by atoms with E-state index in [1.54, 1.807) is 12.1 Å². The zero-order valence-electron chi connectivity index (χ0n) is 20.0. The van der Waals surface area contributed by atoms with Crippen molar-refractivity contribution in [2.45, 2.75) is 56.7 Å². The van der Waals surface area contributed by atoms with E-state index in [0.717, 1.165) is 29.7 Å². The summed E-state index contributed by atoms with van der Waals surface area (Å²) in [6, 6.07) is 10.5. The van der Waals surface area contributed by atoms with E-state index in [9.17, 15) is 27.2 Å². The summed E-state index contributed by atoms with van der Waals surface area (Å²) in [7, 11) is 1.96. The monoisotopic (exact) mass is 506 g/mol. The average Bonchev–Trinajstić information content (AvgIpc) is 3.21. The van der Waals surface area contributed by atoms with Gasteiger partial charge in [0.15, 0.2) is 0 Å². The van der Waals surface area contributed by atoms with E-state index >= 15 is 0 Å². The summed E-state index contributed by atoms with van der Waals surface area (Å²) in [6.45, 7) is 1.78. The lowest BCUT2D eigenvalue weighted by Crippen LogP contribution is -2.49. The van der Waals surface area contributed by atoms with E-state index in [1.165, 1.54) is 24.3 Å². The highest BCUT2D eigenvalue weighted by Crippen LogP contribution is 2.31. The van der Waals surface area contributed by atoms with Crippen molar-refractivity contribution in [2.75, 3.05) is 20.1 Å². The zero-order valence-corrected chi connectivity index (χ0v) is 20.0. The highest BCUT2D eigenvalue weighted by Gasteiger charge is 2.45. The molecule has 2 fully saturated rings. The summed E-state index contributed by atoms with van der Waals surface area (Å²) >= 11 is 0. The number of benzene rings is 2. The van der Waals surface area contributed by atoms with Gasteiger partial charge in [-0.3, -0.25) is 19.4 Å². The van der Waals surface area contributed by atoms with Crippen molar-refractivity contribution in [3.05, 3.63) is 71.0 Å². The Morgan fingerprint density at radius 2 is 1.75 bits per heavy atom. The number of alkyl halides is 3. The summed E-state index contributed by atoms with van der Waals surface area (Å²) in [6.07, 6.45) is -2.77. The summed E-state index contributed by atoms with van der Waals surface area (Å²) in [5.41, 5.74) is 0.838. The molecule has 2 N–H and O–H groups in total. The van der Waals surface area contributed by atoms with Crippen molar-refractivity contribution in [1.29, 1.82) is 0 Å². The largest absolute Gasteiger partial charge is 0.416 e. The second-order valence-corrected chi connectivity index (χ2v) is 9.47. The minimum atomic E-state index is -4.38. The molecule has 0 spiro atoms. The molecule has 0 bridgehead atoms. The molecule has 10 heteroatoms. The Hall–Kier alpha value is -2.98. The van der Waals surface area contributed by atoms with Crippen LogP contribution in [0.15, 0.2) is 48.5 Å². The van der Waals surface area contributed by atoms with Gasteiger partial charge in [0.25, 0.3) is 0 Å². The van der Waals surface area contributed by atoms with Crippen LogP contribution in [0.1, 0.15) is 36.0 Å². The van der Waals surface area contributed by atoms with E-state index in [4.69, 9.17) is 0 Å². The van der Waals surface area contributed by atoms with Crippen LogP contribution < -0.4 is 10.6 Å². The molecule has 2 amide bonds. The minimum Gasteiger partial charge on any atom is -0.353 e. The lowest BCUT2D eigenvalue weighted by molar-refractivity contribution is -0.137. The topological polar surface area (TPSA) is 64.7 Å². The first-order valence-corrected chi connectivity index (χ1v) is 12.0. The second kappa shape index (κ2) is 11.0. The SMILES string of the molecule is CN1[C@@H](CCC(=O)NCc2ccc(F)cc2)CNC(=O)[C@@H]2[C@@H]1CCN2Cc1ccc(C(F)(F)F)cc1. The molecular formula is C26H30F4N4O2. The maximum atomic E-state index is 13.0. The van der Waals surface area contributed by atoms with Crippen LogP contribution >= 0.6 is 0 Å². The van der Waals surface area contributed by atoms with Crippen molar-refractivity contribution in [3.8, 4) is 0 Å². The normalized spacial score (nSPS) is 23.1. The number of carbonyl (C=O) groups excluding carboxylic acids is 2. The van der Waals surface area contributed by atoms with Gasteiger partial charge in [0.2, 0.25) is 11.8 Å². The maximum absolute atomic E-state index is 13.0. The molecule has 36 heavy (non-hydrogen) atoms. The van der Waals surface area contributed by atoms with Gasteiger partial charge in [-0.1, -0.05) is 24.3 Å². The third-order valence-electron chi connectivity index (χ3n) is 7.12. The Labute approximate surface area is 207 Å². The van der Waals surface area contributed by atoms with Gasteiger partial charge < -0.3 is 10.6 Å². The van der Waals surface area contributed by atoms with Gasteiger partial charge in [0.05, 0.1) is 5.56 Å². The number of nitrogens with zero attached hydrogens (tertiary/aromatic N) is 2. The predicted molar refractivity (Wildman–Crippen MR) is 126 cm³/mol. The molecule has 3 atom stereocenters. The number of nitrogens with one attached hydrogen (secondary N) is 2. The molecule has 0 radical (unpaired) electrons. The van der Waals surface area contributed by atoms with Gasteiger partial charge in [0, 0.05) is 44.7 Å². The van der Waals surface area contributed by atoms with Crippen LogP contribution in [-0.4, -0.2) is 59.9 Å². The Balaban J connectivity index is 1.32. The molecule has 0 aromatic heterocycles. The van der Waals surface area contributed by atoms with Crippen molar-refractivity contribution in [2.24, 2.45) is 0 Å². The highest BCUT2D eigenvalue weighted by molar-refractivity contribution is 5.83. The van der Waals surface area contributed by atoms with E-state index in [1.807, 2.05) is 11.9 Å². The lowest BCUT2D eigenvalue weighted by Gasteiger charge is -2.33. The summed E-state index contributed by atoms with van der Waals surface area (Å²) in [5, 5.41) is 5.84. The van der Waals surface area contributed by atoms with Gasteiger partial charge >= 0.3 is 6.18 Å². The number of likely N-dealkylation sites (N-methyl/N-ethyl adjacent to an activating group) is 1. The number of halogens is 4. The third-order valence-corrected chi connectivity index (χ3v) is 7.12. The Morgan fingerprint density at radius 1 is 1.08 bits per heavy atom. The standard InChI is InChI=1S/C26H30F4N4O2/c1-33-21(10-11-23(35)31-14-17-4-8-20(27)9-5-17)15-32-25(36)24-22(33)12-13-34(24)16-18-2-6-19(7-3-18)26(28,29)30/h2-9,21-22,24H,10-16H2,1H3,(H,31,35)(H,32,36)/t21-,22-,24-/m0/s1. The molecule has 0 saturated carbocycles. The van der Waals surface area contributed by atoms with Gasteiger partial charge in [-0.2, -0.15) is 13.2 Å². The summed E-state index contributed by atoms with van der Waals surface area (Å²) in [4.78, 5) is 29.5. The molecule has 6 nitrogen and oxygen atoms in total. The first-order chi connectivity index (χ1) is 17.1. The van der Waals surface area contributed by atoms with Gasteiger partial charge in [-0.15, -0.1) is 0 Å². The van der Waals surface area contributed by atoms with Crippen molar-refractivity contribution in [3.63, 3.8) is 0 Å². The number of rotatable bonds is 7. The summed E-state index contributed by atoms with van der Waals surface area (Å²) < 4.78 is 51.6. The Kier molecular flexibility index (Phi) is 7.94. The van der Waals surface area contributed by atoms with Gasteiger partial charge in [-0.05, 0) is 55.3 Å². The Morgan fingerprint density at radius 3 is 2.42 bits per heavy atom. The van der Waals surface area contributed by atoms with Gasteiger partial charge in [0.1, 0.15) is 11.9 Å². The van der Waals surface area contributed by atoms with Crippen LogP contribution in [-0.2, 0) is 28.9 Å². The molecule has 2 aliphatic rings. The molecule has 0 aliphatic carbocycles. The molecule has 2 aromatic carbocycles. The van der Waals surface area contributed by atoms with E-state index in [0.29, 0.717) is 39.0 Å². The smallest absolute Gasteiger partial charge is 0.353 e. The Bertz CT molecular complexity index is 1060. The zero-order chi connectivity index (χ0) is 25.9. The van der Waals surface area contributed by atoms with Crippen LogP contribution in [0.2, 0.25) is 0 Å². The molecule has 194 valence electrons. The molecule has 2 saturated heterocycles. The fourth-order valence-electron chi connectivity index (χ4n) is 5.05. The third kappa shape index (κ3) is 6.22. The van der Waals surface area contributed by atoms with Crippen molar-refractivity contribution < 1.29 is 27.2 Å². The van der Waals surface area contributed by atoms with Crippen LogP contribution in [0.5, 0.6) is 0 Å². The first kappa shape index (κ1) is 26.1. The molecule has 2 aromatic rings. The molecule has 2 aliphatic heterocycles. The van der Waals surface area contributed by atoms with Crippen molar-refractivity contribution >= 4 is 11.8 Å². The van der Waals surface area contributed by atoms with Crippen LogP contribution in [0.4, 0.5) is 17.6 Å². The quantitative estimate of drug-likeness (QED) is 0.566. The second-order valence-electron chi connectivity index (χ2n) is 9.47. The first-order valence-electron chi connectivity index (χ1n) is 12.0. The number of carbonyl (C=O) groups is 2. The number of likely N-dealkylation sites (tertiary alicyclic amines) is 1. The lowest BCUT2D eigenvalue weighted by atomic mass is 10.0. The highest BCUT2D eigenvalue weighted by atomic mass is 19.4. The fraction of sp³-hybridized carbons (Fsp3) is 0.462. The maximum Gasteiger partial charge on any atom is 0.416 e. The van der Waals surface area contributed by atoms with Gasteiger partial charge in [-0.25, -0.2) is 4.39 Å². The number of hydrogen-bond acceptors (Lipinski definition) is 4. The van der Waals surface area contributed by atoms with E-state index in [-0.39, 0.29) is 29.7 Å². The fourth-order valence-corrected chi connectivity index (χ4v) is 5.05. The van der Waals surface area contributed by atoms with Crippen molar-refractivity contribution in [1.82, 2.24) is 20.4 Å². The van der Waals surface area contributed by atoms with E-state index in [2.05, 4.69) is 15.5 Å². The molecule has 4 rings (SSSR count). The van der Waals surface area contributed by atoms with Crippen LogP contribution in [0.3, 0.4) is 0 Å². The number of amides is 2. The molecule has 2 heterocycles.